The molecule has 0 saturated heterocycles. The van der Waals surface area contributed by atoms with Crippen LogP contribution in [-0.2, 0) is 0 Å². The van der Waals surface area contributed by atoms with Gasteiger partial charge in [0.2, 0.25) is 0 Å². The van der Waals surface area contributed by atoms with E-state index in [0.717, 1.165) is 18.4 Å². The lowest BCUT2D eigenvalue weighted by Crippen LogP contribution is -2.43. The van der Waals surface area contributed by atoms with Gasteiger partial charge in [0.1, 0.15) is 0 Å². The standard InChI is InChI=1S/C13H28N2/c1-11(2)8-9-15(3)13(10-14)12-6-4-5-7-12/h11-13H,4-10,14H2,1-3H3. The molecule has 1 atom stereocenters. The SMILES string of the molecule is CC(C)CCN(C)C(CN)C1CCCC1. The normalized spacial score (nSPS) is 20.4. The van der Waals surface area contributed by atoms with E-state index in [1.807, 2.05) is 0 Å². The van der Waals surface area contributed by atoms with Crippen LogP contribution in [0.1, 0.15) is 46.0 Å². The lowest BCUT2D eigenvalue weighted by Gasteiger charge is -2.32. The van der Waals surface area contributed by atoms with Gasteiger partial charge in [-0.05, 0) is 44.7 Å². The third-order valence-electron chi connectivity index (χ3n) is 3.81. The van der Waals surface area contributed by atoms with Crippen LogP contribution < -0.4 is 5.73 Å². The zero-order valence-corrected chi connectivity index (χ0v) is 10.7. The number of nitrogens with zero attached hydrogens (tertiary/aromatic N) is 1. The van der Waals surface area contributed by atoms with Crippen LogP contribution in [0, 0.1) is 11.8 Å². The molecular weight excluding hydrogens is 184 g/mol. The van der Waals surface area contributed by atoms with Crippen molar-refractivity contribution in [3.63, 3.8) is 0 Å². The molecule has 1 rings (SSSR count). The highest BCUT2D eigenvalue weighted by molar-refractivity contribution is 4.82. The van der Waals surface area contributed by atoms with Crippen molar-refractivity contribution in [3.8, 4) is 0 Å². The lowest BCUT2D eigenvalue weighted by molar-refractivity contribution is 0.173. The minimum absolute atomic E-state index is 0.631. The predicted molar refractivity (Wildman–Crippen MR) is 66.9 cm³/mol. The van der Waals surface area contributed by atoms with E-state index in [4.69, 9.17) is 5.73 Å². The second-order valence-corrected chi connectivity index (χ2v) is 5.51. The topological polar surface area (TPSA) is 29.3 Å². The molecule has 1 fully saturated rings. The summed E-state index contributed by atoms with van der Waals surface area (Å²) in [7, 11) is 2.25. The first-order valence-corrected chi connectivity index (χ1v) is 6.55. The molecule has 1 aliphatic carbocycles. The van der Waals surface area contributed by atoms with Gasteiger partial charge in [0, 0.05) is 12.6 Å². The highest BCUT2D eigenvalue weighted by atomic mass is 15.1. The molecule has 15 heavy (non-hydrogen) atoms. The molecule has 0 aromatic heterocycles. The Bertz CT molecular complexity index is 162. The van der Waals surface area contributed by atoms with Gasteiger partial charge in [-0.15, -0.1) is 0 Å². The predicted octanol–water partition coefficient (Wildman–Crippen LogP) is 2.48. The van der Waals surface area contributed by atoms with Crippen LogP contribution in [-0.4, -0.2) is 31.1 Å². The first-order chi connectivity index (χ1) is 7.15. The van der Waals surface area contributed by atoms with E-state index in [0.29, 0.717) is 6.04 Å². The molecule has 2 N–H and O–H groups in total. The van der Waals surface area contributed by atoms with Crippen LogP contribution in [0.5, 0.6) is 0 Å². The van der Waals surface area contributed by atoms with Crippen molar-refractivity contribution in [1.29, 1.82) is 0 Å². The van der Waals surface area contributed by atoms with Crippen LogP contribution in [0.15, 0.2) is 0 Å². The van der Waals surface area contributed by atoms with Gasteiger partial charge in [0.15, 0.2) is 0 Å². The fourth-order valence-corrected chi connectivity index (χ4v) is 2.70. The molecule has 0 aromatic carbocycles. The number of likely N-dealkylation sites (N-methyl/N-ethyl adjacent to an activating group) is 1. The first kappa shape index (κ1) is 13.0. The maximum Gasteiger partial charge on any atom is 0.0243 e. The van der Waals surface area contributed by atoms with E-state index in [1.165, 1.54) is 38.6 Å². The maximum absolute atomic E-state index is 5.92. The van der Waals surface area contributed by atoms with Crippen LogP contribution in [0.4, 0.5) is 0 Å². The quantitative estimate of drug-likeness (QED) is 0.733. The van der Waals surface area contributed by atoms with E-state index < -0.39 is 0 Å². The van der Waals surface area contributed by atoms with E-state index in [9.17, 15) is 0 Å². The van der Waals surface area contributed by atoms with Gasteiger partial charge in [-0.1, -0.05) is 26.7 Å². The van der Waals surface area contributed by atoms with Gasteiger partial charge in [-0.2, -0.15) is 0 Å². The largest absolute Gasteiger partial charge is 0.329 e. The van der Waals surface area contributed by atoms with E-state index in [1.54, 1.807) is 0 Å². The molecule has 1 saturated carbocycles. The summed E-state index contributed by atoms with van der Waals surface area (Å²) in [5.41, 5.74) is 5.92. The lowest BCUT2D eigenvalue weighted by atomic mass is 9.96. The summed E-state index contributed by atoms with van der Waals surface area (Å²) in [5, 5.41) is 0. The highest BCUT2D eigenvalue weighted by Gasteiger charge is 2.26. The molecule has 1 unspecified atom stereocenters. The second-order valence-electron chi connectivity index (χ2n) is 5.51. The Morgan fingerprint density at radius 2 is 1.87 bits per heavy atom. The van der Waals surface area contributed by atoms with Gasteiger partial charge in [0.05, 0.1) is 0 Å². The molecule has 0 radical (unpaired) electrons. The number of hydrogen-bond acceptors (Lipinski definition) is 2. The Labute approximate surface area is 95.2 Å². The Kier molecular flexibility index (Phi) is 5.62. The summed E-state index contributed by atoms with van der Waals surface area (Å²) >= 11 is 0. The van der Waals surface area contributed by atoms with Crippen LogP contribution in [0.25, 0.3) is 0 Å². The van der Waals surface area contributed by atoms with E-state index in [-0.39, 0.29) is 0 Å². The fourth-order valence-electron chi connectivity index (χ4n) is 2.70. The van der Waals surface area contributed by atoms with Gasteiger partial charge in [-0.25, -0.2) is 0 Å². The van der Waals surface area contributed by atoms with Crippen LogP contribution >= 0.6 is 0 Å². The minimum atomic E-state index is 0.631. The highest BCUT2D eigenvalue weighted by Crippen LogP contribution is 2.29. The number of hydrogen-bond donors (Lipinski definition) is 1. The van der Waals surface area contributed by atoms with Crippen LogP contribution in [0.2, 0.25) is 0 Å². The monoisotopic (exact) mass is 212 g/mol. The van der Waals surface area contributed by atoms with Gasteiger partial charge >= 0.3 is 0 Å². The summed E-state index contributed by atoms with van der Waals surface area (Å²) in [6.45, 7) is 6.62. The Morgan fingerprint density at radius 1 is 1.27 bits per heavy atom. The van der Waals surface area contributed by atoms with E-state index in [2.05, 4.69) is 25.8 Å². The molecule has 0 aromatic rings. The molecule has 0 aliphatic heterocycles. The van der Waals surface area contributed by atoms with Crippen molar-refractivity contribution < 1.29 is 0 Å². The van der Waals surface area contributed by atoms with Crippen LogP contribution in [0.3, 0.4) is 0 Å². The molecule has 2 heteroatoms. The molecular formula is C13H28N2. The number of nitrogens with two attached hydrogens (primary N) is 1. The second kappa shape index (κ2) is 6.49. The zero-order chi connectivity index (χ0) is 11.3. The van der Waals surface area contributed by atoms with Crippen molar-refractivity contribution >= 4 is 0 Å². The van der Waals surface area contributed by atoms with Gasteiger partial charge in [-0.3, -0.25) is 0 Å². The molecule has 90 valence electrons. The van der Waals surface area contributed by atoms with Crippen molar-refractivity contribution in [3.05, 3.63) is 0 Å². The average Bonchev–Trinajstić information content (AvgIpc) is 2.69. The molecule has 0 amide bonds. The summed E-state index contributed by atoms with van der Waals surface area (Å²) in [6.07, 6.45) is 6.92. The van der Waals surface area contributed by atoms with E-state index >= 15 is 0 Å². The molecule has 0 heterocycles. The molecule has 1 aliphatic rings. The summed E-state index contributed by atoms with van der Waals surface area (Å²) in [6, 6.07) is 0.631. The third-order valence-corrected chi connectivity index (χ3v) is 3.81. The third kappa shape index (κ3) is 4.12. The van der Waals surface area contributed by atoms with Crippen molar-refractivity contribution in [2.24, 2.45) is 17.6 Å². The molecule has 2 nitrogen and oxygen atoms in total. The Hall–Kier alpha value is -0.0800. The van der Waals surface area contributed by atoms with Crippen molar-refractivity contribution in [1.82, 2.24) is 4.90 Å². The maximum atomic E-state index is 5.92. The van der Waals surface area contributed by atoms with Gasteiger partial charge in [0.25, 0.3) is 0 Å². The Balaban J connectivity index is 2.35. The van der Waals surface area contributed by atoms with Gasteiger partial charge < -0.3 is 10.6 Å². The number of rotatable bonds is 6. The minimum Gasteiger partial charge on any atom is -0.329 e. The smallest absolute Gasteiger partial charge is 0.0243 e. The summed E-state index contributed by atoms with van der Waals surface area (Å²) in [5.74, 6) is 1.67. The zero-order valence-electron chi connectivity index (χ0n) is 10.7. The first-order valence-electron chi connectivity index (χ1n) is 6.55. The Morgan fingerprint density at radius 3 is 2.33 bits per heavy atom. The molecule has 0 spiro atoms. The van der Waals surface area contributed by atoms with Crippen molar-refractivity contribution in [2.75, 3.05) is 20.1 Å². The summed E-state index contributed by atoms with van der Waals surface area (Å²) in [4.78, 5) is 2.50. The fraction of sp³-hybridized carbons (Fsp3) is 1.00. The molecule has 0 bridgehead atoms. The summed E-state index contributed by atoms with van der Waals surface area (Å²) < 4.78 is 0. The average molecular weight is 212 g/mol. The van der Waals surface area contributed by atoms with Crippen molar-refractivity contribution in [2.45, 2.75) is 52.0 Å².